The topological polar surface area (TPSA) is 26.0 Å². The molecule has 0 bridgehead atoms. The highest BCUT2D eigenvalue weighted by Crippen LogP contribution is 2.24. The summed E-state index contributed by atoms with van der Waals surface area (Å²) in [6.07, 6.45) is 12.5. The summed E-state index contributed by atoms with van der Waals surface area (Å²) in [7, 11) is 0. The summed E-state index contributed by atoms with van der Waals surface area (Å²) in [4.78, 5) is 0. The van der Waals surface area contributed by atoms with E-state index in [0.29, 0.717) is 0 Å². The lowest BCUT2D eigenvalue weighted by Gasteiger charge is -2.20. The van der Waals surface area contributed by atoms with Gasteiger partial charge in [-0.15, -0.1) is 0 Å². The van der Waals surface area contributed by atoms with Gasteiger partial charge in [0.2, 0.25) is 0 Å². The molecule has 0 aliphatic carbocycles. The molecule has 0 aromatic heterocycles. The van der Waals surface area contributed by atoms with Gasteiger partial charge in [-0.3, -0.25) is 0 Å². The fraction of sp³-hybridized carbons (Fsp3) is 0.562. The first-order valence-corrected chi connectivity index (χ1v) is 13.3. The molecule has 186 valence electrons. The predicted molar refractivity (Wildman–Crippen MR) is 152 cm³/mol. The number of nitrogens with two attached hydrogens (primary N) is 1. The molecular weight excluding hydrogens is 398 g/mol. The van der Waals surface area contributed by atoms with E-state index < -0.39 is 0 Å². The Morgan fingerprint density at radius 1 is 0.909 bits per heavy atom. The zero-order chi connectivity index (χ0) is 25.3. The molecule has 0 spiro atoms. The molecule has 2 aromatic rings. The standard InChI is InChI=1S/C16H26.C14H21N.C2H6/c1-6-8-13(2)11-14-9-7-10-15(12-14)16(3,4)5;1-3-4-5-6-13-8-7-12(2)14(11-13)9-10-15;1-2/h7,9-10,12-13H,6,8,11H2,1-5H3;7-11H,3-6,15H2,1-2H3;1-2H3/b;10-9-;. The second-order valence-electron chi connectivity index (χ2n) is 10.1. The van der Waals surface area contributed by atoms with Crippen LogP contribution in [0.1, 0.15) is 115 Å². The van der Waals surface area contributed by atoms with Crippen LogP contribution in [0, 0.1) is 12.8 Å². The van der Waals surface area contributed by atoms with Crippen LogP contribution in [0.15, 0.2) is 48.7 Å². The largest absolute Gasteiger partial charge is 0.405 e. The maximum atomic E-state index is 5.42. The molecule has 0 saturated heterocycles. The first-order valence-electron chi connectivity index (χ1n) is 13.3. The van der Waals surface area contributed by atoms with Crippen molar-refractivity contribution in [3.05, 3.63) is 76.5 Å². The average molecular weight is 452 g/mol. The van der Waals surface area contributed by atoms with Crippen LogP contribution in [0.2, 0.25) is 0 Å². The molecule has 0 heterocycles. The lowest BCUT2D eigenvalue weighted by Crippen LogP contribution is -2.11. The molecule has 0 fully saturated rings. The van der Waals surface area contributed by atoms with Gasteiger partial charge >= 0.3 is 0 Å². The van der Waals surface area contributed by atoms with Gasteiger partial charge in [0.05, 0.1) is 0 Å². The van der Waals surface area contributed by atoms with E-state index in [9.17, 15) is 0 Å². The molecule has 0 amide bonds. The maximum absolute atomic E-state index is 5.42. The third-order valence-electron chi connectivity index (χ3n) is 5.85. The Hall–Kier alpha value is -2.02. The Balaban J connectivity index is 0.000000578. The van der Waals surface area contributed by atoms with E-state index in [1.807, 2.05) is 19.9 Å². The van der Waals surface area contributed by atoms with Gasteiger partial charge in [-0.05, 0) is 77.6 Å². The molecule has 1 unspecified atom stereocenters. The highest BCUT2D eigenvalue weighted by Gasteiger charge is 2.14. The van der Waals surface area contributed by atoms with E-state index in [1.165, 1.54) is 72.8 Å². The van der Waals surface area contributed by atoms with E-state index in [4.69, 9.17) is 5.73 Å². The van der Waals surface area contributed by atoms with Gasteiger partial charge < -0.3 is 5.73 Å². The second-order valence-corrected chi connectivity index (χ2v) is 10.1. The van der Waals surface area contributed by atoms with E-state index >= 15 is 0 Å². The summed E-state index contributed by atoms with van der Waals surface area (Å²) in [5, 5.41) is 0. The lowest BCUT2D eigenvalue weighted by atomic mass is 9.85. The Morgan fingerprint density at radius 3 is 2.18 bits per heavy atom. The smallest absolute Gasteiger partial charge is 0.00563 e. The predicted octanol–water partition coefficient (Wildman–Crippen LogP) is 9.65. The van der Waals surface area contributed by atoms with Crippen molar-refractivity contribution in [1.29, 1.82) is 0 Å². The molecule has 0 saturated carbocycles. The van der Waals surface area contributed by atoms with Crippen LogP contribution in [0.5, 0.6) is 0 Å². The van der Waals surface area contributed by atoms with E-state index in [2.05, 4.69) is 90.9 Å². The van der Waals surface area contributed by atoms with Gasteiger partial charge in [0.1, 0.15) is 0 Å². The molecule has 0 aliphatic rings. The van der Waals surface area contributed by atoms with Crippen LogP contribution in [0.25, 0.3) is 6.08 Å². The minimum Gasteiger partial charge on any atom is -0.405 e. The molecule has 33 heavy (non-hydrogen) atoms. The third kappa shape index (κ3) is 13.3. The Kier molecular flexibility index (Phi) is 16.4. The first-order chi connectivity index (χ1) is 15.7. The van der Waals surface area contributed by atoms with Crippen molar-refractivity contribution >= 4 is 6.08 Å². The fourth-order valence-corrected chi connectivity index (χ4v) is 3.87. The second kappa shape index (κ2) is 17.5. The van der Waals surface area contributed by atoms with Crippen LogP contribution in [-0.2, 0) is 18.3 Å². The summed E-state index contributed by atoms with van der Waals surface area (Å²) >= 11 is 0. The minimum atomic E-state index is 0.268. The zero-order valence-electron chi connectivity index (χ0n) is 23.3. The number of benzene rings is 2. The van der Waals surface area contributed by atoms with Crippen molar-refractivity contribution in [2.45, 2.75) is 113 Å². The average Bonchev–Trinajstić information content (AvgIpc) is 2.78. The van der Waals surface area contributed by atoms with Gasteiger partial charge in [0, 0.05) is 0 Å². The van der Waals surface area contributed by atoms with Crippen molar-refractivity contribution in [3.8, 4) is 0 Å². The number of hydrogen-bond donors (Lipinski definition) is 1. The van der Waals surface area contributed by atoms with Crippen molar-refractivity contribution < 1.29 is 0 Å². The number of hydrogen-bond acceptors (Lipinski definition) is 1. The molecule has 2 rings (SSSR count). The van der Waals surface area contributed by atoms with Crippen LogP contribution < -0.4 is 5.73 Å². The van der Waals surface area contributed by atoms with Gasteiger partial charge in [-0.1, -0.05) is 124 Å². The first kappa shape index (κ1) is 31.0. The quantitative estimate of drug-likeness (QED) is 0.377. The summed E-state index contributed by atoms with van der Waals surface area (Å²) in [6, 6.07) is 15.7. The Morgan fingerprint density at radius 2 is 1.61 bits per heavy atom. The maximum Gasteiger partial charge on any atom is -0.00563 e. The monoisotopic (exact) mass is 451 g/mol. The van der Waals surface area contributed by atoms with Gasteiger partial charge in [0.25, 0.3) is 0 Å². The third-order valence-corrected chi connectivity index (χ3v) is 5.85. The van der Waals surface area contributed by atoms with Crippen molar-refractivity contribution in [2.75, 3.05) is 0 Å². The summed E-state index contributed by atoms with van der Waals surface area (Å²) < 4.78 is 0. The molecule has 1 nitrogen and oxygen atoms in total. The minimum absolute atomic E-state index is 0.268. The van der Waals surface area contributed by atoms with Crippen LogP contribution in [0.3, 0.4) is 0 Å². The summed E-state index contributed by atoms with van der Waals surface area (Å²) in [5.41, 5.74) is 12.6. The van der Waals surface area contributed by atoms with Crippen LogP contribution >= 0.6 is 0 Å². The molecule has 0 radical (unpaired) electrons. The number of rotatable bonds is 9. The zero-order valence-corrected chi connectivity index (χ0v) is 23.3. The number of aryl methyl sites for hydroxylation is 2. The molecule has 2 N–H and O–H groups in total. The van der Waals surface area contributed by atoms with Crippen molar-refractivity contribution in [3.63, 3.8) is 0 Å². The fourth-order valence-electron chi connectivity index (χ4n) is 3.87. The van der Waals surface area contributed by atoms with E-state index in [1.54, 1.807) is 6.20 Å². The van der Waals surface area contributed by atoms with E-state index in [0.717, 1.165) is 5.92 Å². The van der Waals surface area contributed by atoms with Crippen molar-refractivity contribution in [2.24, 2.45) is 11.7 Å². The van der Waals surface area contributed by atoms with Gasteiger partial charge in [-0.2, -0.15) is 0 Å². The lowest BCUT2D eigenvalue weighted by molar-refractivity contribution is 0.520. The van der Waals surface area contributed by atoms with Crippen molar-refractivity contribution in [1.82, 2.24) is 0 Å². The normalized spacial score (nSPS) is 11.9. The molecule has 1 heteroatoms. The highest BCUT2D eigenvalue weighted by atomic mass is 14.5. The molecular formula is C32H53N. The SMILES string of the molecule is CC.CCCC(C)Cc1cccc(C(C)(C)C)c1.CCCCCc1ccc(C)c(/C=C\N)c1. The summed E-state index contributed by atoms with van der Waals surface area (Å²) in [6.45, 7) is 19.8. The summed E-state index contributed by atoms with van der Waals surface area (Å²) in [5.74, 6) is 0.806. The number of unbranched alkanes of at least 4 members (excludes halogenated alkanes) is 2. The Bertz CT molecular complexity index is 779. The van der Waals surface area contributed by atoms with E-state index in [-0.39, 0.29) is 5.41 Å². The molecule has 2 aromatic carbocycles. The van der Waals surface area contributed by atoms with Gasteiger partial charge in [0.15, 0.2) is 0 Å². The van der Waals surface area contributed by atoms with Gasteiger partial charge in [-0.25, -0.2) is 0 Å². The molecule has 1 atom stereocenters. The highest BCUT2D eigenvalue weighted by molar-refractivity contribution is 5.54. The Labute approximate surface area is 206 Å². The van der Waals surface area contributed by atoms with Crippen LogP contribution in [0.4, 0.5) is 0 Å². The molecule has 0 aliphatic heterocycles. The van der Waals surface area contributed by atoms with Crippen LogP contribution in [-0.4, -0.2) is 0 Å².